The number of rotatable bonds is 11. The van der Waals surface area contributed by atoms with Gasteiger partial charge in [-0.05, 0) is 58.5 Å². The van der Waals surface area contributed by atoms with Gasteiger partial charge in [0, 0.05) is 0 Å². The van der Waals surface area contributed by atoms with Crippen LogP contribution in [0.4, 0.5) is 0 Å². The Kier molecular flexibility index (Phi) is 8.80. The van der Waals surface area contributed by atoms with Crippen molar-refractivity contribution in [1.29, 1.82) is 0 Å². The van der Waals surface area contributed by atoms with E-state index < -0.39 is 16.6 Å². The predicted octanol–water partition coefficient (Wildman–Crippen LogP) is 8.68. The average molecular weight is 443 g/mol. The molecule has 0 aliphatic carbocycles. The van der Waals surface area contributed by atoms with E-state index in [0.29, 0.717) is 22.2 Å². The molecule has 30 heavy (non-hydrogen) atoms. The van der Waals surface area contributed by atoms with Crippen LogP contribution in [0.15, 0.2) is 60.7 Å². The highest BCUT2D eigenvalue weighted by molar-refractivity contribution is 6.82. The van der Waals surface area contributed by atoms with Gasteiger partial charge in [0.1, 0.15) is 11.5 Å². The van der Waals surface area contributed by atoms with Crippen molar-refractivity contribution >= 4 is 16.6 Å². The fourth-order valence-electron chi connectivity index (χ4n) is 4.87. The van der Waals surface area contributed by atoms with E-state index in [2.05, 4.69) is 116 Å². The molecule has 166 valence electrons. The molecule has 0 aliphatic heterocycles. The Balaban J connectivity index is 2.38. The lowest BCUT2D eigenvalue weighted by atomic mass is 10.3. The van der Waals surface area contributed by atoms with E-state index in [1.807, 2.05) is 0 Å². The molecule has 2 nitrogen and oxygen atoms in total. The van der Waals surface area contributed by atoms with E-state index in [-0.39, 0.29) is 0 Å². The highest BCUT2D eigenvalue weighted by atomic mass is 28.4. The van der Waals surface area contributed by atoms with Crippen LogP contribution in [-0.4, -0.2) is 16.6 Å². The largest absolute Gasteiger partial charge is 0.543 e. The lowest BCUT2D eigenvalue weighted by Gasteiger charge is -2.44. The van der Waals surface area contributed by atoms with Crippen LogP contribution in [0.3, 0.4) is 0 Å². The molecule has 0 spiro atoms. The summed E-state index contributed by atoms with van der Waals surface area (Å²) >= 11 is 0. The molecule has 0 N–H and O–H groups in total. The van der Waals surface area contributed by atoms with Crippen LogP contribution in [0.5, 0.6) is 11.5 Å². The summed E-state index contributed by atoms with van der Waals surface area (Å²) in [7, 11) is -4.11. The predicted molar refractivity (Wildman–Crippen MR) is 136 cm³/mol. The molecule has 0 amide bonds. The summed E-state index contributed by atoms with van der Waals surface area (Å²) in [5, 5.41) is 0. The summed E-state index contributed by atoms with van der Waals surface area (Å²) in [6, 6.07) is 23.2. The normalized spacial score (nSPS) is 12.8. The zero-order chi connectivity index (χ0) is 22.4. The van der Waals surface area contributed by atoms with Crippen LogP contribution in [0.2, 0.25) is 34.3 Å². The number of hydrogen-bond acceptors (Lipinski definition) is 2. The maximum atomic E-state index is 6.94. The highest BCUT2D eigenvalue weighted by Gasteiger charge is 2.50. The van der Waals surface area contributed by atoms with Crippen molar-refractivity contribution in [3.05, 3.63) is 60.7 Å². The summed E-state index contributed by atoms with van der Waals surface area (Å²) in [5.41, 5.74) is 2.17. The fourth-order valence-corrected chi connectivity index (χ4v) is 15.3. The fraction of sp³-hybridized carbons (Fsp3) is 0.538. The molecule has 0 aromatic heterocycles. The average Bonchev–Trinajstić information content (AvgIpc) is 2.70. The van der Waals surface area contributed by atoms with E-state index in [1.165, 1.54) is 0 Å². The van der Waals surface area contributed by atoms with Crippen LogP contribution >= 0.6 is 0 Å². The van der Waals surface area contributed by atoms with Crippen molar-refractivity contribution < 1.29 is 8.85 Å². The molecule has 2 aromatic carbocycles. The van der Waals surface area contributed by atoms with Crippen LogP contribution in [-0.2, 0) is 0 Å². The van der Waals surface area contributed by atoms with E-state index >= 15 is 0 Å². The Morgan fingerprint density at radius 3 is 1.00 bits per heavy atom. The monoisotopic (exact) mass is 442 g/mol. The first kappa shape index (κ1) is 24.7. The molecular weight excluding hydrogens is 400 g/mol. The van der Waals surface area contributed by atoms with Crippen LogP contribution in [0, 0.1) is 0 Å². The summed E-state index contributed by atoms with van der Waals surface area (Å²) in [6.45, 7) is 18.9. The van der Waals surface area contributed by atoms with Gasteiger partial charge in [-0.15, -0.1) is 0 Å². The van der Waals surface area contributed by atoms with Gasteiger partial charge in [-0.25, -0.2) is 0 Å². The molecule has 0 radical (unpaired) electrons. The Morgan fingerprint density at radius 2 is 0.767 bits per heavy atom. The van der Waals surface area contributed by atoms with Crippen molar-refractivity contribution in [2.45, 2.75) is 89.6 Å². The lowest BCUT2D eigenvalue weighted by Crippen LogP contribution is -2.53. The minimum absolute atomic E-state index is 0.542. The smallest absolute Gasteiger partial charge is 0.256 e. The first-order chi connectivity index (χ1) is 14.1. The van der Waals surface area contributed by atoms with E-state index in [9.17, 15) is 0 Å². The Hall–Kier alpha value is -1.53. The topological polar surface area (TPSA) is 18.5 Å². The molecule has 0 heterocycles. The van der Waals surface area contributed by atoms with Crippen LogP contribution in [0.1, 0.15) is 55.4 Å². The Morgan fingerprint density at radius 1 is 0.500 bits per heavy atom. The first-order valence-electron chi connectivity index (χ1n) is 11.6. The molecule has 0 saturated heterocycles. The van der Waals surface area contributed by atoms with Crippen molar-refractivity contribution in [3.8, 4) is 11.5 Å². The van der Waals surface area contributed by atoms with Gasteiger partial charge in [0.15, 0.2) is 0 Å². The van der Waals surface area contributed by atoms with Gasteiger partial charge in [0.2, 0.25) is 0 Å². The molecule has 0 bridgehead atoms. The molecule has 0 fully saturated rings. The van der Waals surface area contributed by atoms with Crippen LogP contribution in [0.25, 0.3) is 0 Å². The number of hydrogen-bond donors (Lipinski definition) is 0. The third kappa shape index (κ3) is 5.58. The molecular formula is C26H42O2Si2. The van der Waals surface area contributed by atoms with E-state index in [4.69, 9.17) is 8.85 Å². The minimum atomic E-state index is -2.06. The highest BCUT2D eigenvalue weighted by Crippen LogP contribution is 2.45. The number of para-hydroxylation sites is 2. The van der Waals surface area contributed by atoms with Crippen molar-refractivity contribution in [3.63, 3.8) is 0 Å². The van der Waals surface area contributed by atoms with Gasteiger partial charge in [-0.2, -0.15) is 0 Å². The molecule has 0 aliphatic rings. The second-order valence-corrected chi connectivity index (χ2v) is 19.7. The molecule has 0 unspecified atom stereocenters. The van der Waals surface area contributed by atoms with Crippen molar-refractivity contribution in [2.75, 3.05) is 0 Å². The van der Waals surface area contributed by atoms with Gasteiger partial charge >= 0.3 is 0 Å². The third-order valence-electron chi connectivity index (χ3n) is 6.92. The van der Waals surface area contributed by atoms with E-state index in [1.54, 1.807) is 0 Å². The second-order valence-electron chi connectivity index (χ2n) is 9.86. The maximum Gasteiger partial charge on any atom is 0.256 e. The van der Waals surface area contributed by atoms with Gasteiger partial charge in [-0.1, -0.05) is 91.8 Å². The Labute approximate surface area is 187 Å². The van der Waals surface area contributed by atoms with Crippen LogP contribution < -0.4 is 8.85 Å². The summed E-state index contributed by atoms with van der Waals surface area (Å²) < 4.78 is 13.9. The SMILES string of the molecule is CC(C)[Si](CC[Si](Oc1ccccc1)(C(C)C)C(C)C)(Oc1ccccc1)C(C)C. The second kappa shape index (κ2) is 10.7. The first-order valence-corrected chi connectivity index (χ1v) is 16.2. The summed E-state index contributed by atoms with van der Waals surface area (Å²) in [4.78, 5) is 0. The Bertz CT molecular complexity index is 661. The quantitative estimate of drug-likeness (QED) is 0.324. The van der Waals surface area contributed by atoms with Gasteiger partial charge in [-0.3, -0.25) is 0 Å². The molecule has 2 aromatic rings. The van der Waals surface area contributed by atoms with E-state index in [0.717, 1.165) is 23.6 Å². The zero-order valence-electron chi connectivity index (χ0n) is 20.3. The lowest BCUT2D eigenvalue weighted by molar-refractivity contribution is 0.479. The third-order valence-corrected chi connectivity index (χ3v) is 18.5. The summed E-state index contributed by atoms with van der Waals surface area (Å²) in [5.74, 6) is 2.05. The molecule has 4 heteroatoms. The zero-order valence-corrected chi connectivity index (χ0v) is 22.3. The maximum absolute atomic E-state index is 6.94. The molecule has 0 saturated carbocycles. The van der Waals surface area contributed by atoms with Gasteiger partial charge in [0.05, 0.1) is 0 Å². The van der Waals surface area contributed by atoms with Gasteiger partial charge < -0.3 is 8.85 Å². The minimum Gasteiger partial charge on any atom is -0.543 e. The van der Waals surface area contributed by atoms with Gasteiger partial charge in [0.25, 0.3) is 16.6 Å². The molecule has 2 rings (SSSR count). The standard InChI is InChI=1S/C26H42O2Si2/c1-21(2)29(22(3)4,27-25-15-11-9-12-16-25)19-20-30(23(5)6,24(7)8)28-26-17-13-10-14-18-26/h9-18,21-24H,19-20H2,1-8H3. The number of benzene rings is 2. The van der Waals surface area contributed by atoms with Crippen molar-refractivity contribution in [2.24, 2.45) is 0 Å². The van der Waals surface area contributed by atoms with Crippen molar-refractivity contribution in [1.82, 2.24) is 0 Å². The summed E-state index contributed by atoms with van der Waals surface area (Å²) in [6.07, 6.45) is 0. The molecule has 0 atom stereocenters.